The molecule has 0 fully saturated rings. The second-order valence-electron chi connectivity index (χ2n) is 4.62. The number of amides is 1. The monoisotopic (exact) mass is 292 g/mol. The fraction of sp³-hybridized carbons (Fsp3) is 0.500. The van der Waals surface area contributed by atoms with Gasteiger partial charge in [-0.25, -0.2) is 0 Å². The van der Waals surface area contributed by atoms with Crippen LogP contribution in [0.15, 0.2) is 27.5 Å². The van der Waals surface area contributed by atoms with Crippen LogP contribution in [0.1, 0.15) is 25.7 Å². The van der Waals surface area contributed by atoms with Crippen LogP contribution in [0.5, 0.6) is 0 Å². The molecule has 0 spiro atoms. The summed E-state index contributed by atoms with van der Waals surface area (Å²) < 4.78 is 10.1. The summed E-state index contributed by atoms with van der Waals surface area (Å²) in [6, 6.07) is 1.75. The summed E-state index contributed by atoms with van der Waals surface area (Å²) in [7, 11) is 0. The Bertz CT molecular complexity index is 536. The molecule has 0 radical (unpaired) electrons. The van der Waals surface area contributed by atoms with Crippen molar-refractivity contribution >= 4 is 5.91 Å². The van der Waals surface area contributed by atoms with E-state index in [1.807, 2.05) is 0 Å². The van der Waals surface area contributed by atoms with E-state index in [4.69, 9.17) is 8.94 Å². The van der Waals surface area contributed by atoms with Gasteiger partial charge in [0.1, 0.15) is 6.26 Å². The van der Waals surface area contributed by atoms with Crippen molar-refractivity contribution in [2.45, 2.75) is 26.2 Å². The molecule has 0 atom stereocenters. The van der Waals surface area contributed by atoms with E-state index in [1.165, 1.54) is 0 Å². The van der Waals surface area contributed by atoms with E-state index in [0.717, 1.165) is 25.1 Å². The Morgan fingerprint density at radius 1 is 1.33 bits per heavy atom. The van der Waals surface area contributed by atoms with Crippen LogP contribution in [-0.2, 0) is 11.2 Å². The summed E-state index contributed by atoms with van der Waals surface area (Å²) in [5.74, 6) is 0.907. The van der Waals surface area contributed by atoms with Crippen LogP contribution in [0.2, 0.25) is 0 Å². The number of carbonyl (C=O) groups is 1. The van der Waals surface area contributed by atoms with Gasteiger partial charge in [0.15, 0.2) is 0 Å². The Morgan fingerprint density at radius 3 is 3.00 bits per heavy atom. The van der Waals surface area contributed by atoms with E-state index in [-0.39, 0.29) is 5.91 Å². The molecule has 0 saturated carbocycles. The fourth-order valence-corrected chi connectivity index (χ4v) is 1.77. The average Bonchev–Trinajstić information content (AvgIpc) is 3.15. The first kappa shape index (κ1) is 15.2. The van der Waals surface area contributed by atoms with Gasteiger partial charge in [-0.15, -0.1) is 0 Å². The molecule has 2 aromatic rings. The zero-order valence-corrected chi connectivity index (χ0v) is 12.1. The molecule has 0 aliphatic carbocycles. The normalized spacial score (nSPS) is 10.7. The highest BCUT2D eigenvalue weighted by Gasteiger charge is 2.11. The lowest BCUT2D eigenvalue weighted by Crippen LogP contribution is -2.32. The number of furan rings is 1. The number of hydrogen-bond acceptors (Lipinski definition) is 6. The highest BCUT2D eigenvalue weighted by molar-refractivity contribution is 5.76. The summed E-state index contributed by atoms with van der Waals surface area (Å²) in [5, 5.41) is 9.90. The molecule has 0 saturated heterocycles. The first-order chi connectivity index (χ1) is 10.3. The lowest BCUT2D eigenvalue weighted by molar-refractivity contribution is -0.121. The van der Waals surface area contributed by atoms with Gasteiger partial charge in [0.25, 0.3) is 0 Å². The van der Waals surface area contributed by atoms with Crippen LogP contribution in [0, 0.1) is 0 Å². The number of nitrogens with one attached hydrogen (secondary N) is 2. The van der Waals surface area contributed by atoms with Gasteiger partial charge >= 0.3 is 0 Å². The Hall–Kier alpha value is -2.15. The van der Waals surface area contributed by atoms with Crippen molar-refractivity contribution in [3.63, 3.8) is 0 Å². The van der Waals surface area contributed by atoms with Crippen molar-refractivity contribution < 1.29 is 13.7 Å². The largest absolute Gasteiger partial charge is 0.472 e. The number of aryl methyl sites for hydroxylation is 1. The van der Waals surface area contributed by atoms with E-state index in [0.29, 0.717) is 31.1 Å². The Labute approximate surface area is 123 Å². The predicted octanol–water partition coefficient (Wildman–Crippen LogP) is 1.38. The zero-order valence-electron chi connectivity index (χ0n) is 12.1. The van der Waals surface area contributed by atoms with Crippen LogP contribution < -0.4 is 10.6 Å². The summed E-state index contributed by atoms with van der Waals surface area (Å²) >= 11 is 0. The van der Waals surface area contributed by atoms with E-state index >= 15 is 0 Å². The third-order valence-electron chi connectivity index (χ3n) is 2.86. The molecule has 2 heterocycles. The molecule has 2 rings (SSSR count). The van der Waals surface area contributed by atoms with Crippen molar-refractivity contribution in [3.05, 3.63) is 24.5 Å². The van der Waals surface area contributed by atoms with E-state index in [9.17, 15) is 4.79 Å². The SMILES string of the molecule is CCCNCCNC(=O)CCc1nc(-c2ccoc2)no1. The minimum atomic E-state index is -0.0173. The molecular formula is C14H20N4O3. The van der Waals surface area contributed by atoms with E-state index in [2.05, 4.69) is 27.7 Å². The number of nitrogens with zero attached hydrogens (tertiary/aromatic N) is 2. The van der Waals surface area contributed by atoms with Gasteiger partial charge in [-0.3, -0.25) is 4.79 Å². The number of rotatable bonds is 9. The van der Waals surface area contributed by atoms with Crippen molar-refractivity contribution in [2.24, 2.45) is 0 Å². The second-order valence-corrected chi connectivity index (χ2v) is 4.62. The van der Waals surface area contributed by atoms with Gasteiger partial charge < -0.3 is 19.6 Å². The first-order valence-corrected chi connectivity index (χ1v) is 7.12. The molecule has 0 aromatic carbocycles. The molecule has 2 N–H and O–H groups in total. The molecule has 114 valence electrons. The van der Waals surface area contributed by atoms with E-state index < -0.39 is 0 Å². The van der Waals surface area contributed by atoms with Gasteiger partial charge in [0, 0.05) is 25.9 Å². The lowest BCUT2D eigenvalue weighted by Gasteiger charge is -2.04. The quantitative estimate of drug-likeness (QED) is 0.678. The van der Waals surface area contributed by atoms with Crippen molar-refractivity contribution in [1.29, 1.82) is 0 Å². The highest BCUT2D eigenvalue weighted by Crippen LogP contribution is 2.16. The molecule has 2 aromatic heterocycles. The molecule has 1 amide bonds. The third-order valence-corrected chi connectivity index (χ3v) is 2.86. The number of aromatic nitrogens is 2. The number of carbonyl (C=O) groups excluding carboxylic acids is 1. The molecule has 7 heteroatoms. The van der Waals surface area contributed by atoms with Crippen molar-refractivity contribution in [2.75, 3.05) is 19.6 Å². The Morgan fingerprint density at radius 2 is 2.24 bits per heavy atom. The second kappa shape index (κ2) is 8.21. The van der Waals surface area contributed by atoms with Crippen LogP contribution in [0.4, 0.5) is 0 Å². The third kappa shape index (κ3) is 5.03. The maximum atomic E-state index is 11.6. The van der Waals surface area contributed by atoms with Gasteiger partial charge in [0.2, 0.25) is 17.6 Å². The van der Waals surface area contributed by atoms with Gasteiger partial charge in [-0.2, -0.15) is 4.98 Å². The standard InChI is InChI=1S/C14H20N4O3/c1-2-6-15-7-8-16-12(19)3-4-13-17-14(18-21-13)11-5-9-20-10-11/h5,9-10,15H,2-4,6-8H2,1H3,(H,16,19). The average molecular weight is 292 g/mol. The summed E-state index contributed by atoms with van der Waals surface area (Å²) in [6.45, 7) is 4.48. The Kier molecular flexibility index (Phi) is 5.96. The molecule has 0 aliphatic heterocycles. The van der Waals surface area contributed by atoms with Gasteiger partial charge in [-0.1, -0.05) is 12.1 Å². The van der Waals surface area contributed by atoms with Crippen LogP contribution in [0.25, 0.3) is 11.4 Å². The molecule has 21 heavy (non-hydrogen) atoms. The summed E-state index contributed by atoms with van der Waals surface area (Å²) in [5.41, 5.74) is 0.761. The topological polar surface area (TPSA) is 93.2 Å². The van der Waals surface area contributed by atoms with Crippen LogP contribution in [-0.4, -0.2) is 35.7 Å². The minimum Gasteiger partial charge on any atom is -0.472 e. The first-order valence-electron chi connectivity index (χ1n) is 7.12. The fourth-order valence-electron chi connectivity index (χ4n) is 1.77. The molecule has 7 nitrogen and oxygen atoms in total. The van der Waals surface area contributed by atoms with Gasteiger partial charge in [-0.05, 0) is 19.0 Å². The van der Waals surface area contributed by atoms with Crippen LogP contribution >= 0.6 is 0 Å². The number of hydrogen-bond donors (Lipinski definition) is 2. The Balaban J connectivity index is 1.67. The van der Waals surface area contributed by atoms with Crippen molar-refractivity contribution in [1.82, 2.24) is 20.8 Å². The zero-order chi connectivity index (χ0) is 14.9. The molecule has 0 unspecified atom stereocenters. The smallest absolute Gasteiger partial charge is 0.227 e. The van der Waals surface area contributed by atoms with E-state index in [1.54, 1.807) is 18.6 Å². The molecule has 0 bridgehead atoms. The molecule has 0 aliphatic rings. The highest BCUT2D eigenvalue weighted by atomic mass is 16.5. The van der Waals surface area contributed by atoms with Gasteiger partial charge in [0.05, 0.1) is 11.8 Å². The minimum absolute atomic E-state index is 0.0173. The van der Waals surface area contributed by atoms with Crippen LogP contribution in [0.3, 0.4) is 0 Å². The molecular weight excluding hydrogens is 272 g/mol. The summed E-state index contributed by atoms with van der Waals surface area (Å²) in [6.07, 6.45) is 4.94. The van der Waals surface area contributed by atoms with Crippen molar-refractivity contribution in [3.8, 4) is 11.4 Å². The lowest BCUT2D eigenvalue weighted by atomic mass is 10.3. The summed E-state index contributed by atoms with van der Waals surface area (Å²) in [4.78, 5) is 15.9. The predicted molar refractivity (Wildman–Crippen MR) is 76.5 cm³/mol. The maximum Gasteiger partial charge on any atom is 0.227 e. The maximum absolute atomic E-state index is 11.6.